The predicted octanol–water partition coefficient (Wildman–Crippen LogP) is 3.47. The number of likely N-dealkylation sites (tertiary alicyclic amines) is 1. The smallest absolute Gasteiger partial charge is 0.293 e. The highest BCUT2D eigenvalue weighted by Crippen LogP contribution is 2.46. The number of fused-ring (bicyclic) bond motifs is 1. The minimum Gasteiger partial charge on any atom is -0.356 e. The molecule has 1 aromatic carbocycles. The largest absolute Gasteiger partial charge is 0.356 e. The lowest BCUT2D eigenvalue weighted by molar-refractivity contribution is 0.0673. The summed E-state index contributed by atoms with van der Waals surface area (Å²) in [5.74, 6) is 1.13. The molecular weight excluding hydrogens is 371 g/mol. The molecule has 1 amide bonds. The maximum atomic E-state index is 14.0. The number of aryl methyl sites for hydroxylation is 1. The number of hydrogen-bond donors (Lipinski definition) is 0. The first-order valence-corrected chi connectivity index (χ1v) is 9.76. The van der Waals surface area contributed by atoms with Gasteiger partial charge in [0.1, 0.15) is 11.6 Å². The number of nitrogens with zero attached hydrogens (tertiary/aromatic N) is 4. The van der Waals surface area contributed by atoms with Crippen molar-refractivity contribution in [3.63, 3.8) is 0 Å². The fraction of sp³-hybridized carbons (Fsp3) is 0.318. The van der Waals surface area contributed by atoms with Crippen LogP contribution in [0.2, 0.25) is 0 Å². The van der Waals surface area contributed by atoms with E-state index in [-0.39, 0.29) is 35.4 Å². The zero-order chi connectivity index (χ0) is 20.0. The van der Waals surface area contributed by atoms with E-state index in [1.54, 1.807) is 25.3 Å². The third-order valence-corrected chi connectivity index (χ3v) is 5.93. The molecule has 0 aliphatic carbocycles. The van der Waals surface area contributed by atoms with Gasteiger partial charge in [0.2, 0.25) is 5.76 Å². The van der Waals surface area contributed by atoms with Gasteiger partial charge in [-0.05, 0) is 36.8 Å². The van der Waals surface area contributed by atoms with Gasteiger partial charge >= 0.3 is 0 Å². The average Bonchev–Trinajstić information content (AvgIpc) is 3.42. The van der Waals surface area contributed by atoms with Gasteiger partial charge in [0, 0.05) is 43.7 Å². The van der Waals surface area contributed by atoms with E-state index < -0.39 is 0 Å². The van der Waals surface area contributed by atoms with Crippen molar-refractivity contribution in [1.82, 2.24) is 15.0 Å². The number of anilines is 1. The highest BCUT2D eigenvalue weighted by molar-refractivity contribution is 5.92. The van der Waals surface area contributed by atoms with Gasteiger partial charge in [0.15, 0.2) is 0 Å². The molecule has 7 heteroatoms. The van der Waals surface area contributed by atoms with Crippen molar-refractivity contribution in [2.75, 3.05) is 24.5 Å². The molecule has 2 aromatic heterocycles. The standard InChI is InChI=1S/C22H21FN4O2/c1-14-9-19(29-25-14)22(28)27-12-16-11-26(20-7-2-3-8-24-20)13-18(16)21(27)15-5-4-6-17(23)10-15/h2-10,16,18,21H,11-13H2,1H3/t16-,18-,21+/m0/s1. The summed E-state index contributed by atoms with van der Waals surface area (Å²) in [7, 11) is 0. The van der Waals surface area contributed by atoms with Crippen LogP contribution >= 0.6 is 0 Å². The van der Waals surface area contributed by atoms with Gasteiger partial charge in [-0.1, -0.05) is 23.4 Å². The normalized spacial score (nSPS) is 23.4. The molecule has 3 atom stereocenters. The van der Waals surface area contributed by atoms with Crippen LogP contribution in [0, 0.1) is 24.6 Å². The zero-order valence-corrected chi connectivity index (χ0v) is 16.0. The van der Waals surface area contributed by atoms with Gasteiger partial charge in [0.05, 0.1) is 11.7 Å². The van der Waals surface area contributed by atoms with Crippen LogP contribution < -0.4 is 4.90 Å². The Balaban J connectivity index is 1.48. The second kappa shape index (κ2) is 6.99. The Morgan fingerprint density at radius 1 is 1.14 bits per heavy atom. The number of benzene rings is 1. The first-order valence-electron chi connectivity index (χ1n) is 9.76. The molecule has 0 N–H and O–H groups in total. The van der Waals surface area contributed by atoms with E-state index >= 15 is 0 Å². The van der Waals surface area contributed by atoms with Crippen LogP contribution in [0.4, 0.5) is 10.2 Å². The fourth-order valence-corrected chi connectivity index (χ4v) is 4.71. The Bertz CT molecular complexity index is 1040. The first-order chi connectivity index (χ1) is 14.1. The van der Waals surface area contributed by atoms with Crippen molar-refractivity contribution >= 4 is 11.7 Å². The van der Waals surface area contributed by atoms with Crippen LogP contribution in [0.15, 0.2) is 59.3 Å². The average molecular weight is 392 g/mol. The number of carbonyl (C=O) groups excluding carboxylic acids is 1. The molecule has 0 bridgehead atoms. The Hall–Kier alpha value is -3.22. The van der Waals surface area contributed by atoms with Crippen LogP contribution in [-0.4, -0.2) is 40.6 Å². The number of aromatic nitrogens is 2. The van der Waals surface area contributed by atoms with Crippen molar-refractivity contribution in [3.05, 3.63) is 77.6 Å². The topological polar surface area (TPSA) is 62.5 Å². The molecule has 2 aliphatic rings. The number of pyridine rings is 1. The van der Waals surface area contributed by atoms with E-state index in [1.807, 2.05) is 29.2 Å². The molecule has 2 saturated heterocycles. The summed E-state index contributed by atoms with van der Waals surface area (Å²) in [5.41, 5.74) is 1.47. The SMILES string of the molecule is Cc1cc(C(=O)N2C[C@@H]3CN(c4ccccn4)C[C@@H]3[C@H]2c2cccc(F)c2)on1. The molecule has 5 rings (SSSR count). The Kier molecular flexibility index (Phi) is 4.30. The van der Waals surface area contributed by atoms with E-state index in [0.29, 0.717) is 12.2 Å². The highest BCUT2D eigenvalue weighted by Gasteiger charge is 2.50. The first kappa shape index (κ1) is 17.8. The summed E-state index contributed by atoms with van der Waals surface area (Å²) in [4.78, 5) is 21.7. The maximum Gasteiger partial charge on any atom is 0.293 e. The molecule has 3 aromatic rings. The van der Waals surface area contributed by atoms with Crippen LogP contribution in [0.25, 0.3) is 0 Å². The van der Waals surface area contributed by atoms with E-state index in [4.69, 9.17) is 4.52 Å². The van der Waals surface area contributed by atoms with Gasteiger partial charge in [-0.2, -0.15) is 0 Å². The second-order valence-electron chi connectivity index (χ2n) is 7.81. The van der Waals surface area contributed by atoms with Crippen LogP contribution in [-0.2, 0) is 0 Å². The number of carbonyl (C=O) groups is 1. The van der Waals surface area contributed by atoms with Gasteiger partial charge < -0.3 is 14.3 Å². The lowest BCUT2D eigenvalue weighted by Gasteiger charge is -2.29. The molecule has 0 unspecified atom stereocenters. The summed E-state index contributed by atoms with van der Waals surface area (Å²) in [6, 6.07) is 13.9. The van der Waals surface area contributed by atoms with Crippen molar-refractivity contribution in [3.8, 4) is 0 Å². The highest BCUT2D eigenvalue weighted by atomic mass is 19.1. The third-order valence-electron chi connectivity index (χ3n) is 5.93. The number of halogens is 1. The minimum atomic E-state index is -0.298. The number of hydrogen-bond acceptors (Lipinski definition) is 5. The molecule has 6 nitrogen and oxygen atoms in total. The van der Waals surface area contributed by atoms with Crippen LogP contribution in [0.5, 0.6) is 0 Å². The quantitative estimate of drug-likeness (QED) is 0.683. The predicted molar refractivity (Wildman–Crippen MR) is 105 cm³/mol. The lowest BCUT2D eigenvalue weighted by Crippen LogP contribution is -2.35. The molecular formula is C22H21FN4O2. The molecule has 2 fully saturated rings. The fourth-order valence-electron chi connectivity index (χ4n) is 4.71. The second-order valence-corrected chi connectivity index (χ2v) is 7.81. The van der Waals surface area contributed by atoms with Crippen molar-refractivity contribution in [2.45, 2.75) is 13.0 Å². The van der Waals surface area contributed by atoms with E-state index in [0.717, 1.165) is 24.5 Å². The summed E-state index contributed by atoms with van der Waals surface area (Å²) < 4.78 is 19.2. The van der Waals surface area contributed by atoms with Gasteiger partial charge in [0.25, 0.3) is 5.91 Å². The molecule has 4 heterocycles. The minimum absolute atomic E-state index is 0.187. The summed E-state index contributed by atoms with van der Waals surface area (Å²) in [6.45, 7) is 3.95. The van der Waals surface area contributed by atoms with Crippen LogP contribution in [0.1, 0.15) is 27.9 Å². The Morgan fingerprint density at radius 3 is 2.76 bits per heavy atom. The van der Waals surface area contributed by atoms with Crippen molar-refractivity contribution in [2.24, 2.45) is 11.8 Å². The molecule has 29 heavy (non-hydrogen) atoms. The number of amides is 1. The number of rotatable bonds is 3. The molecule has 2 aliphatic heterocycles. The molecule has 0 spiro atoms. The van der Waals surface area contributed by atoms with Gasteiger partial charge in [-0.15, -0.1) is 0 Å². The van der Waals surface area contributed by atoms with E-state index in [2.05, 4.69) is 15.0 Å². The monoisotopic (exact) mass is 392 g/mol. The summed E-state index contributed by atoms with van der Waals surface area (Å²) >= 11 is 0. The molecule has 0 radical (unpaired) electrons. The van der Waals surface area contributed by atoms with E-state index in [1.165, 1.54) is 12.1 Å². The summed E-state index contributed by atoms with van der Waals surface area (Å²) in [5, 5.41) is 3.85. The van der Waals surface area contributed by atoms with Gasteiger partial charge in [-0.3, -0.25) is 4.79 Å². The molecule has 0 saturated carbocycles. The van der Waals surface area contributed by atoms with Crippen molar-refractivity contribution < 1.29 is 13.7 Å². The lowest BCUT2D eigenvalue weighted by atomic mass is 9.89. The zero-order valence-electron chi connectivity index (χ0n) is 16.0. The Labute approximate surface area is 167 Å². The Morgan fingerprint density at radius 2 is 2.03 bits per heavy atom. The molecule has 148 valence electrons. The summed E-state index contributed by atoms with van der Waals surface area (Å²) in [6.07, 6.45) is 1.79. The van der Waals surface area contributed by atoms with Gasteiger partial charge in [-0.25, -0.2) is 9.37 Å². The van der Waals surface area contributed by atoms with E-state index in [9.17, 15) is 9.18 Å². The maximum absolute atomic E-state index is 14.0. The van der Waals surface area contributed by atoms with Crippen molar-refractivity contribution in [1.29, 1.82) is 0 Å². The third kappa shape index (κ3) is 3.16. The van der Waals surface area contributed by atoms with Crippen LogP contribution in [0.3, 0.4) is 0 Å².